The Hall–Kier alpha value is -2.78. The maximum Gasteiger partial charge on any atom is 0.573 e. The summed E-state index contributed by atoms with van der Waals surface area (Å²) in [5, 5.41) is 0. The second-order valence-corrected chi connectivity index (χ2v) is 6.88. The van der Waals surface area contributed by atoms with Crippen LogP contribution >= 0.6 is 0 Å². The molecule has 0 aliphatic carbocycles. The number of alkyl halides is 3. The molecule has 0 saturated carbocycles. The number of ketones is 1. The van der Waals surface area contributed by atoms with Crippen molar-refractivity contribution in [2.45, 2.75) is 45.0 Å². The van der Waals surface area contributed by atoms with E-state index in [2.05, 4.69) is 4.74 Å². The predicted octanol–water partition coefficient (Wildman–Crippen LogP) is 3.50. The molecule has 0 unspecified atom stereocenters. The van der Waals surface area contributed by atoms with Gasteiger partial charge in [-0.3, -0.25) is 9.59 Å². The fourth-order valence-electron chi connectivity index (χ4n) is 3.49. The Balaban J connectivity index is 2.09. The summed E-state index contributed by atoms with van der Waals surface area (Å²) in [4.78, 5) is 37.7. The summed E-state index contributed by atoms with van der Waals surface area (Å²) in [6.07, 6.45) is -4.64. The summed E-state index contributed by atoms with van der Waals surface area (Å²) in [7, 11) is 1.25. The van der Waals surface area contributed by atoms with Gasteiger partial charge >= 0.3 is 18.4 Å². The van der Waals surface area contributed by atoms with E-state index in [9.17, 15) is 27.6 Å². The SMILES string of the molecule is CCOC(=O)CC(=O)[C@H]1CCN(C(=O)OC)[C@H](Cc2ccc(OC(F)(F)F)cc2)C1. The Kier molecular flexibility index (Phi) is 8.08. The summed E-state index contributed by atoms with van der Waals surface area (Å²) >= 11 is 0. The summed E-state index contributed by atoms with van der Waals surface area (Å²) in [5.41, 5.74) is 0.668. The van der Waals surface area contributed by atoms with Gasteiger partial charge in [-0.2, -0.15) is 0 Å². The van der Waals surface area contributed by atoms with Crippen molar-refractivity contribution in [2.75, 3.05) is 20.3 Å². The van der Waals surface area contributed by atoms with Gasteiger partial charge in [-0.25, -0.2) is 4.79 Å². The Morgan fingerprint density at radius 3 is 2.40 bits per heavy atom. The fourth-order valence-corrected chi connectivity index (χ4v) is 3.49. The molecule has 1 fully saturated rings. The van der Waals surface area contributed by atoms with Crippen LogP contribution in [0.4, 0.5) is 18.0 Å². The van der Waals surface area contributed by atoms with Gasteiger partial charge < -0.3 is 19.1 Å². The number of nitrogens with zero attached hydrogens (tertiary/aromatic N) is 1. The number of hydrogen-bond donors (Lipinski definition) is 0. The summed E-state index contributed by atoms with van der Waals surface area (Å²) in [6, 6.07) is 4.92. The molecule has 1 aromatic rings. The van der Waals surface area contributed by atoms with Crippen molar-refractivity contribution in [2.24, 2.45) is 5.92 Å². The van der Waals surface area contributed by atoms with E-state index in [1.807, 2.05) is 0 Å². The summed E-state index contributed by atoms with van der Waals surface area (Å²) in [5.74, 6) is -1.61. The molecule has 0 N–H and O–H groups in total. The monoisotopic (exact) mass is 431 g/mol. The van der Waals surface area contributed by atoms with Crippen molar-refractivity contribution in [3.05, 3.63) is 29.8 Å². The zero-order valence-corrected chi connectivity index (χ0v) is 16.7. The van der Waals surface area contributed by atoms with E-state index >= 15 is 0 Å². The average Bonchev–Trinajstić information content (AvgIpc) is 2.68. The van der Waals surface area contributed by atoms with Crippen molar-refractivity contribution in [3.63, 3.8) is 0 Å². The van der Waals surface area contributed by atoms with Gasteiger partial charge in [-0.05, 0) is 43.9 Å². The molecule has 0 aromatic heterocycles. The van der Waals surface area contributed by atoms with E-state index in [0.29, 0.717) is 24.8 Å². The molecule has 166 valence electrons. The van der Waals surface area contributed by atoms with Crippen LogP contribution in [0.2, 0.25) is 0 Å². The number of benzene rings is 1. The molecule has 0 bridgehead atoms. The number of halogens is 3. The highest BCUT2D eigenvalue weighted by Gasteiger charge is 2.36. The minimum absolute atomic E-state index is 0.184. The number of Topliss-reactive ketones (excluding diaryl/α,β-unsaturated/α-hetero) is 1. The van der Waals surface area contributed by atoms with Crippen molar-refractivity contribution >= 4 is 17.8 Å². The first kappa shape index (κ1) is 23.5. The topological polar surface area (TPSA) is 82.1 Å². The molecule has 1 aromatic carbocycles. The Bertz CT molecular complexity index is 750. The van der Waals surface area contributed by atoms with Crippen molar-refractivity contribution in [3.8, 4) is 5.75 Å². The van der Waals surface area contributed by atoms with E-state index in [1.165, 1.54) is 36.3 Å². The number of likely N-dealkylation sites (tertiary alicyclic amines) is 1. The largest absolute Gasteiger partial charge is 0.573 e. The maximum atomic E-state index is 12.4. The van der Waals surface area contributed by atoms with Gasteiger partial charge in [0, 0.05) is 18.5 Å². The van der Waals surface area contributed by atoms with Gasteiger partial charge in [-0.15, -0.1) is 13.2 Å². The molecule has 1 aliphatic rings. The number of esters is 1. The molecular formula is C20H24F3NO6. The lowest BCUT2D eigenvalue weighted by molar-refractivity contribution is -0.274. The zero-order chi connectivity index (χ0) is 22.3. The van der Waals surface area contributed by atoms with Crippen molar-refractivity contribution < 1.29 is 41.8 Å². The van der Waals surface area contributed by atoms with E-state index in [4.69, 9.17) is 9.47 Å². The van der Waals surface area contributed by atoms with Crippen LogP contribution in [0.3, 0.4) is 0 Å². The lowest BCUT2D eigenvalue weighted by atomic mass is 9.84. The minimum atomic E-state index is -4.78. The molecule has 1 aliphatic heterocycles. The number of carbonyl (C=O) groups excluding carboxylic acids is 3. The van der Waals surface area contributed by atoms with Gasteiger partial charge in [0.25, 0.3) is 0 Å². The molecule has 0 radical (unpaired) electrons. The van der Waals surface area contributed by atoms with Crippen LogP contribution in [0.25, 0.3) is 0 Å². The van der Waals surface area contributed by atoms with Gasteiger partial charge in [0.05, 0.1) is 13.7 Å². The number of methoxy groups -OCH3 is 1. The lowest BCUT2D eigenvalue weighted by Gasteiger charge is -2.38. The lowest BCUT2D eigenvalue weighted by Crippen LogP contribution is -2.48. The highest BCUT2D eigenvalue weighted by Crippen LogP contribution is 2.29. The Morgan fingerprint density at radius 2 is 1.83 bits per heavy atom. The average molecular weight is 431 g/mol. The Labute approximate surface area is 172 Å². The van der Waals surface area contributed by atoms with E-state index in [-0.39, 0.29) is 31.1 Å². The Morgan fingerprint density at radius 1 is 1.17 bits per heavy atom. The second kappa shape index (κ2) is 10.3. The zero-order valence-electron chi connectivity index (χ0n) is 16.7. The summed E-state index contributed by atoms with van der Waals surface area (Å²) in [6.45, 7) is 2.10. The molecule has 2 rings (SSSR count). The van der Waals surface area contributed by atoms with Crippen LogP contribution in [-0.4, -0.2) is 55.4 Å². The number of amides is 1. The van der Waals surface area contributed by atoms with Crippen molar-refractivity contribution in [1.82, 2.24) is 4.90 Å². The van der Waals surface area contributed by atoms with Gasteiger partial charge in [-0.1, -0.05) is 12.1 Å². The van der Waals surface area contributed by atoms with E-state index < -0.39 is 30.4 Å². The third kappa shape index (κ3) is 6.93. The number of rotatable bonds is 7. The highest BCUT2D eigenvalue weighted by atomic mass is 19.4. The molecule has 30 heavy (non-hydrogen) atoms. The van der Waals surface area contributed by atoms with Crippen LogP contribution in [-0.2, 0) is 25.5 Å². The van der Waals surface area contributed by atoms with Crippen LogP contribution in [0.15, 0.2) is 24.3 Å². The fraction of sp³-hybridized carbons (Fsp3) is 0.550. The van der Waals surface area contributed by atoms with Crippen LogP contribution < -0.4 is 4.74 Å². The molecule has 10 heteroatoms. The van der Waals surface area contributed by atoms with Gasteiger partial charge in [0.1, 0.15) is 18.0 Å². The molecule has 1 amide bonds. The first-order valence-corrected chi connectivity index (χ1v) is 9.50. The van der Waals surface area contributed by atoms with Gasteiger partial charge in [0.15, 0.2) is 0 Å². The predicted molar refractivity (Wildman–Crippen MR) is 98.7 cm³/mol. The first-order valence-electron chi connectivity index (χ1n) is 9.50. The standard InChI is InChI=1S/C20H24F3NO6/c1-3-29-18(26)12-17(25)14-8-9-24(19(27)28-2)15(11-14)10-13-4-6-16(7-5-13)30-20(21,22)23/h4-7,14-15H,3,8-12H2,1-2H3/t14-,15+/m0/s1. The quantitative estimate of drug-likeness (QED) is 0.486. The molecule has 0 spiro atoms. The third-order valence-corrected chi connectivity index (χ3v) is 4.83. The maximum absolute atomic E-state index is 12.4. The molecular weight excluding hydrogens is 407 g/mol. The van der Waals surface area contributed by atoms with Crippen LogP contribution in [0, 0.1) is 5.92 Å². The highest BCUT2D eigenvalue weighted by molar-refractivity contribution is 5.96. The second-order valence-electron chi connectivity index (χ2n) is 6.88. The van der Waals surface area contributed by atoms with Crippen LogP contribution in [0.1, 0.15) is 31.7 Å². The summed E-state index contributed by atoms with van der Waals surface area (Å²) < 4.78 is 50.4. The normalized spacial score (nSPS) is 19.2. The van der Waals surface area contributed by atoms with E-state index in [0.717, 1.165) is 0 Å². The molecule has 2 atom stereocenters. The first-order chi connectivity index (χ1) is 14.1. The molecule has 1 saturated heterocycles. The third-order valence-electron chi connectivity index (χ3n) is 4.83. The van der Waals surface area contributed by atoms with Gasteiger partial charge in [0.2, 0.25) is 0 Å². The molecule has 7 nitrogen and oxygen atoms in total. The van der Waals surface area contributed by atoms with Crippen molar-refractivity contribution in [1.29, 1.82) is 0 Å². The van der Waals surface area contributed by atoms with E-state index in [1.54, 1.807) is 6.92 Å². The minimum Gasteiger partial charge on any atom is -0.466 e. The number of carbonyl (C=O) groups is 3. The smallest absolute Gasteiger partial charge is 0.466 e. The number of ether oxygens (including phenoxy) is 3. The number of piperidine rings is 1. The number of hydrogen-bond acceptors (Lipinski definition) is 6. The molecule has 1 heterocycles. The van der Waals surface area contributed by atoms with Crippen LogP contribution in [0.5, 0.6) is 5.75 Å².